The summed E-state index contributed by atoms with van der Waals surface area (Å²) >= 11 is 0. The number of rotatable bonds is 7. The smallest absolute Gasteiger partial charge is 0.257 e. The van der Waals surface area contributed by atoms with Crippen molar-refractivity contribution in [1.29, 1.82) is 0 Å². The molecule has 0 unspecified atom stereocenters. The van der Waals surface area contributed by atoms with Crippen molar-refractivity contribution in [2.45, 2.75) is 45.4 Å². The van der Waals surface area contributed by atoms with E-state index in [4.69, 9.17) is 14.2 Å². The lowest BCUT2D eigenvalue weighted by Crippen LogP contribution is -2.34. The fourth-order valence-electron chi connectivity index (χ4n) is 4.13. The fourth-order valence-corrected chi connectivity index (χ4v) is 4.13. The molecule has 0 radical (unpaired) electrons. The number of benzene rings is 1. The van der Waals surface area contributed by atoms with E-state index >= 15 is 0 Å². The van der Waals surface area contributed by atoms with Crippen molar-refractivity contribution in [2.24, 2.45) is 5.92 Å². The minimum absolute atomic E-state index is 0.0843. The Balaban J connectivity index is 1.29. The van der Waals surface area contributed by atoms with Crippen LogP contribution in [0.1, 0.15) is 48.8 Å². The molecule has 7 nitrogen and oxygen atoms in total. The molecule has 0 atom stereocenters. The molecule has 1 fully saturated rings. The molecule has 2 aromatic heterocycles. The van der Waals surface area contributed by atoms with Gasteiger partial charge in [0, 0.05) is 24.7 Å². The number of nitrogens with one attached hydrogen (secondary N) is 1. The summed E-state index contributed by atoms with van der Waals surface area (Å²) in [6, 6.07) is 7.97. The van der Waals surface area contributed by atoms with Crippen LogP contribution in [0.4, 0.5) is 4.39 Å². The number of halogens is 1. The number of ether oxygens (including phenoxy) is 1. The van der Waals surface area contributed by atoms with E-state index < -0.39 is 5.82 Å². The molecule has 4 rings (SSSR count). The average molecular weight is 439 g/mol. The van der Waals surface area contributed by atoms with Gasteiger partial charge >= 0.3 is 0 Å². The van der Waals surface area contributed by atoms with Crippen molar-refractivity contribution in [3.63, 3.8) is 0 Å². The van der Waals surface area contributed by atoms with Crippen LogP contribution >= 0.6 is 0 Å². The Hall–Kier alpha value is -3.29. The van der Waals surface area contributed by atoms with E-state index in [1.165, 1.54) is 12.1 Å². The maximum Gasteiger partial charge on any atom is 0.257 e. The van der Waals surface area contributed by atoms with Crippen molar-refractivity contribution in [3.05, 3.63) is 59.6 Å². The quantitative estimate of drug-likeness (QED) is 0.590. The Morgan fingerprint density at radius 2 is 2.00 bits per heavy atom. The van der Waals surface area contributed by atoms with E-state index in [0.29, 0.717) is 24.1 Å². The lowest BCUT2D eigenvalue weighted by molar-refractivity contribution is -0.123. The molecule has 1 aromatic carbocycles. The van der Waals surface area contributed by atoms with Gasteiger partial charge in [-0.1, -0.05) is 17.3 Å². The maximum atomic E-state index is 13.6. The molecule has 1 N–H and O–H groups in total. The lowest BCUT2D eigenvalue weighted by atomic mass is 9.79. The minimum atomic E-state index is -0.474. The molecular weight excluding hydrogens is 411 g/mol. The molecular formula is C24H27FN4O3. The fraction of sp³-hybridized carbons (Fsp3) is 0.417. The summed E-state index contributed by atoms with van der Waals surface area (Å²) in [4.78, 5) is 21.2. The molecule has 2 heterocycles. The van der Waals surface area contributed by atoms with Gasteiger partial charge in [0.25, 0.3) is 5.91 Å². The second-order valence-electron chi connectivity index (χ2n) is 8.29. The highest BCUT2D eigenvalue weighted by Gasteiger charge is 2.27. The van der Waals surface area contributed by atoms with Gasteiger partial charge in [-0.3, -0.25) is 4.79 Å². The van der Waals surface area contributed by atoms with Crippen molar-refractivity contribution in [3.8, 4) is 17.1 Å². The molecule has 32 heavy (non-hydrogen) atoms. The molecule has 0 spiro atoms. The van der Waals surface area contributed by atoms with E-state index in [1.807, 2.05) is 26.1 Å². The van der Waals surface area contributed by atoms with Gasteiger partial charge in [-0.25, -0.2) is 14.4 Å². The highest BCUT2D eigenvalue weighted by Crippen LogP contribution is 2.38. The van der Waals surface area contributed by atoms with E-state index in [1.54, 1.807) is 12.1 Å². The van der Waals surface area contributed by atoms with E-state index in [9.17, 15) is 9.18 Å². The number of aryl methyl sites for hydroxylation is 2. The summed E-state index contributed by atoms with van der Waals surface area (Å²) in [7, 11) is 0. The van der Waals surface area contributed by atoms with Crippen LogP contribution in [0.25, 0.3) is 11.3 Å². The number of carbonyl (C=O) groups is 1. The molecule has 1 aliphatic rings. The zero-order valence-electron chi connectivity index (χ0n) is 18.3. The highest BCUT2D eigenvalue weighted by molar-refractivity contribution is 5.77. The van der Waals surface area contributed by atoms with Crippen molar-refractivity contribution < 1.29 is 18.4 Å². The van der Waals surface area contributed by atoms with Crippen LogP contribution in [0.3, 0.4) is 0 Å². The van der Waals surface area contributed by atoms with Crippen molar-refractivity contribution in [1.82, 2.24) is 20.4 Å². The molecule has 0 saturated heterocycles. The van der Waals surface area contributed by atoms with Gasteiger partial charge in [0.15, 0.2) is 23.9 Å². The highest BCUT2D eigenvalue weighted by atomic mass is 19.1. The maximum absolute atomic E-state index is 13.6. The first kappa shape index (κ1) is 21.9. The molecule has 1 saturated carbocycles. The van der Waals surface area contributed by atoms with Crippen molar-refractivity contribution in [2.75, 3.05) is 13.2 Å². The average Bonchev–Trinajstić information content (AvgIpc) is 3.23. The van der Waals surface area contributed by atoms with Gasteiger partial charge in [0.1, 0.15) is 5.82 Å². The third-order valence-electron chi connectivity index (χ3n) is 5.85. The van der Waals surface area contributed by atoms with Crippen LogP contribution in [-0.2, 0) is 4.79 Å². The molecule has 1 aliphatic carbocycles. The SMILES string of the molecule is Cc1cc(-c2cnc(C)nc2C2CCC(CNC(=O)COc3ccccc3F)CC2)on1. The van der Waals surface area contributed by atoms with Crippen LogP contribution in [0.5, 0.6) is 5.75 Å². The number of aromatic nitrogens is 3. The number of para-hydroxylation sites is 1. The van der Waals surface area contributed by atoms with Gasteiger partial charge < -0.3 is 14.6 Å². The van der Waals surface area contributed by atoms with Crippen LogP contribution in [-0.4, -0.2) is 34.2 Å². The Bertz CT molecular complexity index is 1080. The second-order valence-corrected chi connectivity index (χ2v) is 8.29. The van der Waals surface area contributed by atoms with Gasteiger partial charge in [-0.2, -0.15) is 0 Å². The Labute approximate surface area is 186 Å². The topological polar surface area (TPSA) is 90.1 Å². The third kappa shape index (κ3) is 5.30. The summed E-state index contributed by atoms with van der Waals surface area (Å²) in [6.07, 6.45) is 5.74. The summed E-state index contributed by atoms with van der Waals surface area (Å²) in [5, 5.41) is 6.90. The van der Waals surface area contributed by atoms with Gasteiger partial charge in [-0.15, -0.1) is 0 Å². The molecule has 0 bridgehead atoms. The van der Waals surface area contributed by atoms with E-state index in [2.05, 4.69) is 15.5 Å². The molecule has 0 aliphatic heterocycles. The van der Waals surface area contributed by atoms with Crippen LogP contribution < -0.4 is 10.1 Å². The second kappa shape index (κ2) is 9.89. The standard InChI is InChI=1S/C24H27FN4O3/c1-15-11-22(32-29-15)19-13-26-16(2)28-24(19)18-9-7-17(8-10-18)12-27-23(30)14-31-21-6-4-3-5-20(21)25/h3-6,11,13,17-18H,7-10,12,14H2,1-2H3,(H,27,30). The van der Waals surface area contributed by atoms with E-state index in [0.717, 1.165) is 48.5 Å². The lowest BCUT2D eigenvalue weighted by Gasteiger charge is -2.29. The van der Waals surface area contributed by atoms with E-state index in [-0.39, 0.29) is 18.3 Å². The molecule has 8 heteroatoms. The van der Waals surface area contributed by atoms with Gasteiger partial charge in [-0.05, 0) is 57.6 Å². The Kier molecular flexibility index (Phi) is 6.78. The zero-order chi connectivity index (χ0) is 22.5. The van der Waals surface area contributed by atoms with Gasteiger partial charge in [0.2, 0.25) is 0 Å². The van der Waals surface area contributed by atoms with Crippen molar-refractivity contribution >= 4 is 5.91 Å². The largest absolute Gasteiger partial charge is 0.481 e. The zero-order valence-corrected chi connectivity index (χ0v) is 18.3. The summed E-state index contributed by atoms with van der Waals surface area (Å²) < 4.78 is 24.3. The normalized spacial score (nSPS) is 18.3. The summed E-state index contributed by atoms with van der Waals surface area (Å²) in [5.74, 6) is 1.51. The Morgan fingerprint density at radius 1 is 1.22 bits per heavy atom. The van der Waals surface area contributed by atoms with Crippen LogP contribution in [0.2, 0.25) is 0 Å². The summed E-state index contributed by atoms with van der Waals surface area (Å²) in [5.41, 5.74) is 2.73. The molecule has 168 valence electrons. The first-order valence-corrected chi connectivity index (χ1v) is 10.9. The summed E-state index contributed by atoms with van der Waals surface area (Å²) in [6.45, 7) is 4.17. The number of amides is 1. The minimum Gasteiger partial charge on any atom is -0.481 e. The van der Waals surface area contributed by atoms with Crippen LogP contribution in [0.15, 0.2) is 41.1 Å². The number of hydrogen-bond donors (Lipinski definition) is 1. The Morgan fingerprint density at radius 3 is 2.72 bits per heavy atom. The number of carbonyl (C=O) groups excluding carboxylic acids is 1. The van der Waals surface area contributed by atoms with Crippen LogP contribution in [0, 0.1) is 25.6 Å². The third-order valence-corrected chi connectivity index (χ3v) is 5.85. The first-order valence-electron chi connectivity index (χ1n) is 10.9. The molecule has 3 aromatic rings. The van der Waals surface area contributed by atoms with Gasteiger partial charge in [0.05, 0.1) is 17.0 Å². The number of hydrogen-bond acceptors (Lipinski definition) is 6. The molecule has 1 amide bonds. The number of nitrogens with zero attached hydrogens (tertiary/aromatic N) is 3. The first-order chi connectivity index (χ1) is 15.5. The predicted octanol–water partition coefficient (Wildman–Crippen LogP) is 4.36. The monoisotopic (exact) mass is 438 g/mol. The predicted molar refractivity (Wildman–Crippen MR) is 117 cm³/mol.